The van der Waals surface area contributed by atoms with Gasteiger partial charge >= 0.3 is 0 Å². The van der Waals surface area contributed by atoms with Crippen LogP contribution in [0, 0.1) is 6.92 Å². The van der Waals surface area contributed by atoms with Crippen LogP contribution in [0.5, 0.6) is 5.75 Å². The standard InChI is InChI=1S/C35H31N3O3S/c1-21(2)41-29-19-18-24-10-8-9-13-27(24)28(29)20-30-34(40)38-32(25-16-14-22(3)15-17-25)31(23(4)36-35(38)42-30)33(39)37-26-11-6-5-7-12-26/h5-21,32H,1-4H3,(H,37,39)/b30-20-/t32-/m1/s1. The molecule has 0 unspecified atom stereocenters. The summed E-state index contributed by atoms with van der Waals surface area (Å²) in [6, 6.07) is 28.7. The van der Waals surface area contributed by atoms with Crippen LogP contribution in [0.25, 0.3) is 16.8 Å². The number of benzene rings is 4. The van der Waals surface area contributed by atoms with Crippen molar-refractivity contribution in [3.05, 3.63) is 139 Å². The normalized spacial score (nSPS) is 15.1. The molecule has 4 aromatic carbocycles. The minimum atomic E-state index is -0.633. The van der Waals surface area contributed by atoms with Gasteiger partial charge in [0.2, 0.25) is 0 Å². The third-order valence-corrected chi connectivity index (χ3v) is 8.24. The van der Waals surface area contributed by atoms with E-state index in [1.807, 2.05) is 125 Å². The van der Waals surface area contributed by atoms with Crippen molar-refractivity contribution < 1.29 is 9.53 Å². The van der Waals surface area contributed by atoms with Crippen molar-refractivity contribution >= 4 is 39.8 Å². The number of thiazole rings is 1. The number of anilines is 1. The first-order valence-corrected chi connectivity index (χ1v) is 14.8. The molecule has 0 radical (unpaired) electrons. The van der Waals surface area contributed by atoms with Gasteiger partial charge in [0.25, 0.3) is 11.5 Å². The molecule has 0 saturated carbocycles. The largest absolute Gasteiger partial charge is 0.490 e. The zero-order valence-electron chi connectivity index (χ0n) is 23.9. The number of para-hydroxylation sites is 1. The van der Waals surface area contributed by atoms with Crippen molar-refractivity contribution in [1.29, 1.82) is 0 Å². The highest BCUT2D eigenvalue weighted by atomic mass is 32.1. The summed E-state index contributed by atoms with van der Waals surface area (Å²) in [4.78, 5) is 33.4. The van der Waals surface area contributed by atoms with E-state index in [1.54, 1.807) is 4.57 Å². The quantitative estimate of drug-likeness (QED) is 0.266. The number of allylic oxidation sites excluding steroid dienone is 1. The van der Waals surface area contributed by atoms with Crippen molar-refractivity contribution in [3.63, 3.8) is 0 Å². The summed E-state index contributed by atoms with van der Waals surface area (Å²) in [5.74, 6) is 0.424. The second-order valence-corrected chi connectivity index (χ2v) is 11.7. The maximum atomic E-state index is 14.3. The van der Waals surface area contributed by atoms with Crippen LogP contribution < -0.4 is 24.9 Å². The third kappa shape index (κ3) is 5.19. The van der Waals surface area contributed by atoms with E-state index in [2.05, 4.69) is 5.32 Å². The highest BCUT2D eigenvalue weighted by Gasteiger charge is 2.32. The van der Waals surface area contributed by atoms with Gasteiger partial charge in [0.1, 0.15) is 5.75 Å². The monoisotopic (exact) mass is 573 g/mol. The van der Waals surface area contributed by atoms with Crippen LogP contribution in [0.15, 0.2) is 112 Å². The Morgan fingerprint density at radius 3 is 2.40 bits per heavy atom. The fourth-order valence-electron chi connectivity index (χ4n) is 5.31. The number of rotatable bonds is 6. The molecule has 1 aromatic heterocycles. The molecule has 0 bridgehead atoms. The Hall–Kier alpha value is -4.75. The zero-order chi connectivity index (χ0) is 29.4. The van der Waals surface area contributed by atoms with Crippen LogP contribution in [0.3, 0.4) is 0 Å². The summed E-state index contributed by atoms with van der Waals surface area (Å²) in [5, 5.41) is 5.06. The summed E-state index contributed by atoms with van der Waals surface area (Å²) in [6.45, 7) is 7.82. The van der Waals surface area contributed by atoms with Gasteiger partial charge in [-0.1, -0.05) is 89.7 Å². The summed E-state index contributed by atoms with van der Waals surface area (Å²) in [7, 11) is 0. The average Bonchev–Trinajstić information content (AvgIpc) is 3.28. The van der Waals surface area contributed by atoms with Crippen LogP contribution in [-0.2, 0) is 4.79 Å². The summed E-state index contributed by atoms with van der Waals surface area (Å²) < 4.78 is 8.35. The highest BCUT2D eigenvalue weighted by molar-refractivity contribution is 7.07. The lowest BCUT2D eigenvalue weighted by atomic mass is 9.94. The van der Waals surface area contributed by atoms with Crippen molar-refractivity contribution in [1.82, 2.24) is 4.57 Å². The number of carbonyl (C=O) groups excluding carboxylic acids is 1. The Morgan fingerprint density at radius 1 is 0.952 bits per heavy atom. The SMILES string of the molecule is CC1=C(C(=O)Nc2ccccc2)[C@@H](c2ccc(C)cc2)n2c(s/c(=C\c3c(OC(C)C)ccc4ccccc34)c2=O)=N1. The Bertz CT molecular complexity index is 2020. The van der Waals surface area contributed by atoms with Gasteiger partial charge in [-0.25, -0.2) is 4.99 Å². The Morgan fingerprint density at radius 2 is 1.67 bits per heavy atom. The van der Waals surface area contributed by atoms with E-state index in [0.29, 0.717) is 32.0 Å². The number of nitrogens with one attached hydrogen (secondary N) is 1. The molecule has 1 aliphatic heterocycles. The minimum absolute atomic E-state index is 0.0330. The molecular weight excluding hydrogens is 542 g/mol. The average molecular weight is 574 g/mol. The zero-order valence-corrected chi connectivity index (χ0v) is 24.7. The molecule has 1 atom stereocenters. The molecule has 0 saturated heterocycles. The first kappa shape index (κ1) is 27.4. The van der Waals surface area contributed by atoms with E-state index >= 15 is 0 Å². The lowest BCUT2D eigenvalue weighted by Gasteiger charge is -2.25. The van der Waals surface area contributed by atoms with Crippen LogP contribution in [0.4, 0.5) is 5.69 Å². The number of fused-ring (bicyclic) bond motifs is 2. The van der Waals surface area contributed by atoms with Gasteiger partial charge in [-0.05, 0) is 68.3 Å². The maximum Gasteiger partial charge on any atom is 0.271 e. The lowest BCUT2D eigenvalue weighted by molar-refractivity contribution is -0.113. The van der Waals surface area contributed by atoms with Crippen LogP contribution in [-0.4, -0.2) is 16.6 Å². The second-order valence-electron chi connectivity index (χ2n) is 10.7. The Labute approximate surface area is 248 Å². The smallest absolute Gasteiger partial charge is 0.271 e. The van der Waals surface area contributed by atoms with E-state index in [-0.39, 0.29) is 17.6 Å². The minimum Gasteiger partial charge on any atom is -0.490 e. The molecule has 0 aliphatic carbocycles. The summed E-state index contributed by atoms with van der Waals surface area (Å²) in [5.41, 5.74) is 4.27. The number of amides is 1. The molecule has 5 aromatic rings. The molecule has 0 fully saturated rings. The molecule has 6 nitrogen and oxygen atoms in total. The van der Waals surface area contributed by atoms with E-state index in [4.69, 9.17) is 9.73 Å². The van der Waals surface area contributed by atoms with Crippen molar-refractivity contribution in [2.24, 2.45) is 4.99 Å². The molecule has 1 N–H and O–H groups in total. The van der Waals surface area contributed by atoms with Crippen molar-refractivity contribution in [3.8, 4) is 5.75 Å². The summed E-state index contributed by atoms with van der Waals surface area (Å²) >= 11 is 1.32. The number of carbonyl (C=O) groups is 1. The van der Waals surface area contributed by atoms with Gasteiger partial charge in [-0.2, -0.15) is 0 Å². The fraction of sp³-hybridized carbons (Fsp3) is 0.171. The molecular formula is C35H31N3O3S. The molecule has 210 valence electrons. The van der Waals surface area contributed by atoms with E-state index in [1.165, 1.54) is 11.3 Å². The van der Waals surface area contributed by atoms with Crippen LogP contribution in [0.1, 0.15) is 43.5 Å². The second kappa shape index (κ2) is 11.3. The molecule has 2 heterocycles. The Kier molecular flexibility index (Phi) is 7.35. The number of aromatic nitrogens is 1. The van der Waals surface area contributed by atoms with E-state index in [9.17, 15) is 9.59 Å². The number of ether oxygens (including phenoxy) is 1. The van der Waals surface area contributed by atoms with Gasteiger partial charge in [0, 0.05) is 11.3 Å². The lowest BCUT2D eigenvalue weighted by Crippen LogP contribution is -2.40. The summed E-state index contributed by atoms with van der Waals surface area (Å²) in [6.07, 6.45) is 1.87. The number of aryl methyl sites for hydroxylation is 1. The predicted octanol–water partition coefficient (Wildman–Crippen LogP) is 6.12. The highest BCUT2D eigenvalue weighted by Crippen LogP contribution is 2.32. The molecule has 42 heavy (non-hydrogen) atoms. The van der Waals surface area contributed by atoms with Crippen molar-refractivity contribution in [2.75, 3.05) is 5.32 Å². The van der Waals surface area contributed by atoms with E-state index < -0.39 is 6.04 Å². The molecule has 1 aliphatic rings. The topological polar surface area (TPSA) is 72.7 Å². The van der Waals surface area contributed by atoms with Gasteiger partial charge in [0.05, 0.1) is 27.9 Å². The Balaban J connectivity index is 1.55. The predicted molar refractivity (Wildman–Crippen MR) is 170 cm³/mol. The number of nitrogens with zero attached hydrogens (tertiary/aromatic N) is 2. The first-order valence-electron chi connectivity index (χ1n) is 13.9. The van der Waals surface area contributed by atoms with E-state index in [0.717, 1.165) is 27.5 Å². The molecule has 7 heteroatoms. The van der Waals surface area contributed by atoms with Gasteiger partial charge in [-0.15, -0.1) is 0 Å². The number of hydrogen-bond donors (Lipinski definition) is 1. The molecule has 1 amide bonds. The number of hydrogen-bond acceptors (Lipinski definition) is 5. The maximum absolute atomic E-state index is 14.3. The van der Waals surface area contributed by atoms with Gasteiger partial charge < -0.3 is 10.1 Å². The third-order valence-electron chi connectivity index (χ3n) is 7.26. The molecule has 0 spiro atoms. The molecule has 6 rings (SSSR count). The first-order chi connectivity index (χ1) is 20.3. The van der Waals surface area contributed by atoms with Crippen LogP contribution in [0.2, 0.25) is 0 Å². The fourth-order valence-corrected chi connectivity index (χ4v) is 6.34. The van der Waals surface area contributed by atoms with Crippen molar-refractivity contribution in [2.45, 2.75) is 39.8 Å². The van der Waals surface area contributed by atoms with Gasteiger partial charge in [0.15, 0.2) is 4.80 Å². The van der Waals surface area contributed by atoms with Gasteiger partial charge in [-0.3, -0.25) is 14.2 Å². The van der Waals surface area contributed by atoms with Crippen LogP contribution >= 0.6 is 11.3 Å².